The molecule has 0 heterocycles. The van der Waals surface area contributed by atoms with Crippen LogP contribution in [-0.4, -0.2) is 44.4 Å². The number of carbonyl (C=O) groups excluding carboxylic acids is 1. The summed E-state index contributed by atoms with van der Waals surface area (Å²) in [4.78, 5) is 12.2. The Morgan fingerprint density at radius 3 is 2.52 bits per heavy atom. The van der Waals surface area contributed by atoms with Crippen molar-refractivity contribution in [2.45, 2.75) is 51.5 Å². The lowest BCUT2D eigenvalue weighted by molar-refractivity contribution is -0.121. The molecule has 0 radical (unpaired) electrons. The minimum Gasteiger partial charge on any atom is -0.492 e. The van der Waals surface area contributed by atoms with Gasteiger partial charge in [-0.3, -0.25) is 4.79 Å². The van der Waals surface area contributed by atoms with Crippen molar-refractivity contribution in [2.24, 2.45) is 0 Å². The van der Waals surface area contributed by atoms with E-state index in [4.69, 9.17) is 16.3 Å². The molecule has 0 aromatic heterocycles. The van der Waals surface area contributed by atoms with Gasteiger partial charge in [-0.05, 0) is 38.5 Å². The first-order valence-corrected chi connectivity index (χ1v) is 10.3. The first-order valence-electron chi connectivity index (χ1n) is 8.48. The fourth-order valence-corrected chi connectivity index (χ4v) is 4.15. The lowest BCUT2D eigenvalue weighted by Crippen LogP contribution is -2.43. The van der Waals surface area contributed by atoms with Gasteiger partial charge in [0.15, 0.2) is 0 Å². The van der Waals surface area contributed by atoms with Gasteiger partial charge < -0.3 is 10.1 Å². The number of ether oxygens (including phenoxy) is 1. The number of benzene rings is 1. The number of halogens is 1. The highest BCUT2D eigenvalue weighted by atomic mass is 35.5. The molecule has 142 valence electrons. The quantitative estimate of drug-likeness (QED) is 0.666. The third-order valence-electron chi connectivity index (χ3n) is 3.64. The van der Waals surface area contributed by atoms with Crippen molar-refractivity contribution in [2.75, 3.05) is 19.7 Å². The topological polar surface area (TPSA) is 75.7 Å². The van der Waals surface area contributed by atoms with Crippen LogP contribution in [0, 0.1) is 0 Å². The third-order valence-corrected chi connectivity index (χ3v) is 5.85. The fourth-order valence-electron chi connectivity index (χ4n) is 2.42. The van der Waals surface area contributed by atoms with Crippen molar-refractivity contribution >= 4 is 27.5 Å². The van der Waals surface area contributed by atoms with Gasteiger partial charge in [-0.25, -0.2) is 8.42 Å². The lowest BCUT2D eigenvalue weighted by Gasteiger charge is -2.22. The molecular formula is C17H27ClN2O4S. The molecule has 1 aromatic rings. The smallest absolute Gasteiger partial charge is 0.243 e. The summed E-state index contributed by atoms with van der Waals surface area (Å²) in [5.41, 5.74) is 0. The number of hydrogen-bond acceptors (Lipinski definition) is 4. The van der Waals surface area contributed by atoms with Gasteiger partial charge in [0, 0.05) is 12.6 Å². The summed E-state index contributed by atoms with van der Waals surface area (Å²) in [7, 11) is -3.82. The fraction of sp³-hybridized carbons (Fsp3) is 0.588. The molecule has 0 aliphatic rings. The number of hydrogen-bond donors (Lipinski definition) is 1. The van der Waals surface area contributed by atoms with E-state index < -0.39 is 10.0 Å². The van der Waals surface area contributed by atoms with Crippen LogP contribution in [0.1, 0.15) is 40.5 Å². The maximum Gasteiger partial charge on any atom is 0.243 e. The molecule has 8 heteroatoms. The minimum absolute atomic E-state index is 0.0128. The van der Waals surface area contributed by atoms with Crippen LogP contribution in [0.25, 0.3) is 0 Å². The van der Waals surface area contributed by atoms with Gasteiger partial charge in [0.05, 0.1) is 23.1 Å². The molecule has 0 aliphatic heterocycles. The summed E-state index contributed by atoms with van der Waals surface area (Å²) < 4.78 is 32.0. The number of nitrogens with zero attached hydrogens (tertiary/aromatic N) is 1. The average Bonchev–Trinajstić information content (AvgIpc) is 2.54. The second-order valence-corrected chi connectivity index (χ2v) is 8.06. The summed E-state index contributed by atoms with van der Waals surface area (Å²) in [6, 6.07) is 4.32. The number of carbonyl (C=O) groups is 1. The number of nitrogens with one attached hydrogen (secondary N) is 1. The molecule has 0 bridgehead atoms. The van der Waals surface area contributed by atoms with Crippen LogP contribution < -0.4 is 10.1 Å². The SMILES string of the molecule is CCC[C@@H](C)NC(=O)CN(CC)S(=O)(=O)c1ccc(OCC)c(Cl)c1. The summed E-state index contributed by atoms with van der Waals surface area (Å²) in [6.45, 7) is 7.83. The number of likely N-dealkylation sites (N-methyl/N-ethyl adjacent to an activating group) is 1. The molecule has 1 aromatic carbocycles. The van der Waals surface area contributed by atoms with Crippen molar-refractivity contribution in [3.05, 3.63) is 23.2 Å². The van der Waals surface area contributed by atoms with Gasteiger partial charge >= 0.3 is 0 Å². The molecule has 25 heavy (non-hydrogen) atoms. The van der Waals surface area contributed by atoms with Crippen molar-refractivity contribution < 1.29 is 17.9 Å². The van der Waals surface area contributed by atoms with Gasteiger partial charge in [-0.1, -0.05) is 31.9 Å². The standard InChI is InChI=1S/C17H27ClN2O4S/c1-5-8-13(4)19-17(21)12-20(6-2)25(22,23)14-9-10-16(24-7-3)15(18)11-14/h9-11,13H,5-8,12H2,1-4H3,(H,19,21)/t13-/m1/s1. The van der Waals surface area contributed by atoms with Crippen molar-refractivity contribution in [1.82, 2.24) is 9.62 Å². The Morgan fingerprint density at radius 2 is 2.00 bits per heavy atom. The Balaban J connectivity index is 2.93. The van der Waals surface area contributed by atoms with Crippen LogP contribution in [0.3, 0.4) is 0 Å². The van der Waals surface area contributed by atoms with E-state index in [-0.39, 0.29) is 35.0 Å². The minimum atomic E-state index is -3.82. The molecule has 0 unspecified atom stereocenters. The number of rotatable bonds is 10. The molecule has 1 amide bonds. The normalized spacial score (nSPS) is 12.9. The molecule has 1 N–H and O–H groups in total. The van der Waals surface area contributed by atoms with Crippen LogP contribution in [0.4, 0.5) is 0 Å². The highest BCUT2D eigenvalue weighted by Crippen LogP contribution is 2.28. The Morgan fingerprint density at radius 1 is 1.32 bits per heavy atom. The van der Waals surface area contributed by atoms with Crippen molar-refractivity contribution in [3.8, 4) is 5.75 Å². The van der Waals surface area contributed by atoms with Gasteiger partial charge in [0.1, 0.15) is 5.75 Å². The molecule has 0 fully saturated rings. The average molecular weight is 391 g/mol. The number of sulfonamides is 1. The lowest BCUT2D eigenvalue weighted by atomic mass is 10.2. The molecule has 0 aliphatic carbocycles. The maximum atomic E-state index is 12.8. The maximum absolute atomic E-state index is 12.8. The van der Waals surface area contributed by atoms with E-state index in [0.29, 0.717) is 12.4 Å². The zero-order chi connectivity index (χ0) is 19.0. The first kappa shape index (κ1) is 21.7. The van der Waals surface area contributed by atoms with Crippen molar-refractivity contribution in [1.29, 1.82) is 0 Å². The van der Waals surface area contributed by atoms with E-state index >= 15 is 0 Å². The first-order chi connectivity index (χ1) is 11.8. The van der Waals surface area contributed by atoms with Gasteiger partial charge in [-0.2, -0.15) is 4.31 Å². The Bertz CT molecular complexity index is 679. The highest BCUT2D eigenvalue weighted by molar-refractivity contribution is 7.89. The van der Waals surface area contributed by atoms with E-state index in [2.05, 4.69) is 5.32 Å². The van der Waals surface area contributed by atoms with Crippen LogP contribution in [0.5, 0.6) is 5.75 Å². The van der Waals surface area contributed by atoms with E-state index in [0.717, 1.165) is 17.1 Å². The summed E-state index contributed by atoms with van der Waals surface area (Å²) >= 11 is 6.08. The molecule has 1 atom stereocenters. The summed E-state index contributed by atoms with van der Waals surface area (Å²) in [5, 5.41) is 3.04. The zero-order valence-electron chi connectivity index (χ0n) is 15.2. The summed E-state index contributed by atoms with van der Waals surface area (Å²) in [6.07, 6.45) is 1.79. The predicted molar refractivity (Wildman–Crippen MR) is 99.6 cm³/mol. The summed E-state index contributed by atoms with van der Waals surface area (Å²) in [5.74, 6) is 0.112. The Hall–Kier alpha value is -1.31. The molecule has 1 rings (SSSR count). The molecule has 6 nitrogen and oxygen atoms in total. The molecule has 0 spiro atoms. The molecular weight excluding hydrogens is 364 g/mol. The van der Waals surface area contributed by atoms with Crippen LogP contribution >= 0.6 is 11.6 Å². The Kier molecular flexibility index (Phi) is 8.68. The second kappa shape index (κ2) is 9.99. The van der Waals surface area contributed by atoms with Gasteiger partial charge in [0.25, 0.3) is 0 Å². The van der Waals surface area contributed by atoms with Gasteiger partial charge in [-0.15, -0.1) is 0 Å². The second-order valence-electron chi connectivity index (χ2n) is 5.71. The van der Waals surface area contributed by atoms with E-state index in [1.54, 1.807) is 6.92 Å². The van der Waals surface area contributed by atoms with Crippen LogP contribution in [0.2, 0.25) is 5.02 Å². The predicted octanol–water partition coefficient (Wildman–Crippen LogP) is 3.05. The highest BCUT2D eigenvalue weighted by Gasteiger charge is 2.26. The van der Waals surface area contributed by atoms with E-state index in [1.807, 2.05) is 20.8 Å². The third kappa shape index (κ3) is 6.17. The van der Waals surface area contributed by atoms with E-state index in [1.165, 1.54) is 18.2 Å². The molecule has 0 saturated carbocycles. The van der Waals surface area contributed by atoms with E-state index in [9.17, 15) is 13.2 Å². The monoisotopic (exact) mass is 390 g/mol. The number of amides is 1. The van der Waals surface area contributed by atoms with Gasteiger partial charge in [0.2, 0.25) is 15.9 Å². The van der Waals surface area contributed by atoms with Crippen LogP contribution in [-0.2, 0) is 14.8 Å². The largest absolute Gasteiger partial charge is 0.492 e. The molecule has 0 saturated heterocycles. The van der Waals surface area contributed by atoms with Crippen LogP contribution in [0.15, 0.2) is 23.1 Å². The Labute approximate surface area is 155 Å². The van der Waals surface area contributed by atoms with Crippen molar-refractivity contribution in [3.63, 3.8) is 0 Å². The zero-order valence-corrected chi connectivity index (χ0v) is 16.8.